The number of amides is 3. The molecule has 1 aromatic rings. The summed E-state index contributed by atoms with van der Waals surface area (Å²) >= 11 is 0. The van der Waals surface area contributed by atoms with E-state index in [1.54, 1.807) is 4.90 Å². The Hall–Kier alpha value is -2.04. The van der Waals surface area contributed by atoms with Crippen molar-refractivity contribution in [2.75, 3.05) is 19.6 Å². The average molecular weight is 275 g/mol. The predicted octanol–water partition coefficient (Wildman–Crippen LogP) is 1.42. The van der Waals surface area contributed by atoms with Gasteiger partial charge in [-0.05, 0) is 25.3 Å². The van der Waals surface area contributed by atoms with Crippen LogP contribution in [-0.2, 0) is 11.3 Å². The summed E-state index contributed by atoms with van der Waals surface area (Å²) in [5.74, 6) is -0.00649. The van der Waals surface area contributed by atoms with Gasteiger partial charge in [0.1, 0.15) is 0 Å². The van der Waals surface area contributed by atoms with Crippen LogP contribution in [0, 0.1) is 6.92 Å². The highest BCUT2D eigenvalue weighted by atomic mass is 16.2. The van der Waals surface area contributed by atoms with Crippen LogP contribution >= 0.6 is 0 Å². The van der Waals surface area contributed by atoms with Gasteiger partial charge in [-0.1, -0.05) is 29.8 Å². The fourth-order valence-electron chi connectivity index (χ4n) is 2.18. The molecule has 5 heteroatoms. The highest BCUT2D eigenvalue weighted by Gasteiger charge is 2.17. The van der Waals surface area contributed by atoms with Gasteiger partial charge in [0, 0.05) is 19.6 Å². The van der Waals surface area contributed by atoms with Gasteiger partial charge in [-0.25, -0.2) is 4.79 Å². The van der Waals surface area contributed by atoms with Crippen molar-refractivity contribution < 1.29 is 9.59 Å². The maximum atomic E-state index is 11.7. The van der Waals surface area contributed by atoms with Crippen molar-refractivity contribution in [1.82, 2.24) is 15.5 Å². The third-order valence-electron chi connectivity index (χ3n) is 3.43. The van der Waals surface area contributed by atoms with E-state index in [0.717, 1.165) is 31.5 Å². The minimum absolute atomic E-state index is 0.00649. The predicted molar refractivity (Wildman–Crippen MR) is 77.2 cm³/mol. The number of hydrogen-bond acceptors (Lipinski definition) is 2. The summed E-state index contributed by atoms with van der Waals surface area (Å²) in [6.45, 7) is 4.18. The third kappa shape index (κ3) is 4.26. The molecule has 1 aliphatic rings. The molecule has 0 aliphatic carbocycles. The normalized spacial score (nSPS) is 14.2. The van der Waals surface area contributed by atoms with Gasteiger partial charge in [0.15, 0.2) is 0 Å². The SMILES string of the molecule is Cc1ccc(CNC(=O)NCC(=O)N2CCCC2)cc1. The zero-order chi connectivity index (χ0) is 14.4. The molecule has 1 aliphatic heterocycles. The van der Waals surface area contributed by atoms with Crippen LogP contribution in [0.15, 0.2) is 24.3 Å². The molecule has 0 bridgehead atoms. The number of carbonyl (C=O) groups excluding carboxylic acids is 2. The number of carbonyl (C=O) groups is 2. The topological polar surface area (TPSA) is 61.4 Å². The molecule has 0 radical (unpaired) electrons. The Morgan fingerprint density at radius 1 is 1.10 bits per heavy atom. The van der Waals surface area contributed by atoms with Crippen LogP contribution < -0.4 is 10.6 Å². The number of likely N-dealkylation sites (tertiary alicyclic amines) is 1. The second-order valence-electron chi connectivity index (χ2n) is 5.11. The summed E-state index contributed by atoms with van der Waals surface area (Å²) < 4.78 is 0. The molecular formula is C15H21N3O2. The third-order valence-corrected chi connectivity index (χ3v) is 3.43. The molecule has 1 heterocycles. The van der Waals surface area contributed by atoms with E-state index in [4.69, 9.17) is 0 Å². The van der Waals surface area contributed by atoms with Crippen molar-refractivity contribution in [3.8, 4) is 0 Å². The first-order valence-electron chi connectivity index (χ1n) is 7.00. The van der Waals surface area contributed by atoms with Crippen molar-refractivity contribution in [2.45, 2.75) is 26.3 Å². The number of aryl methyl sites for hydroxylation is 1. The van der Waals surface area contributed by atoms with E-state index in [9.17, 15) is 9.59 Å². The molecule has 1 saturated heterocycles. The fraction of sp³-hybridized carbons (Fsp3) is 0.467. The molecule has 2 rings (SSSR count). The lowest BCUT2D eigenvalue weighted by atomic mass is 10.1. The number of hydrogen-bond donors (Lipinski definition) is 2. The Labute approximate surface area is 119 Å². The Bertz CT molecular complexity index is 465. The molecule has 0 saturated carbocycles. The summed E-state index contributed by atoms with van der Waals surface area (Å²) in [5.41, 5.74) is 2.23. The van der Waals surface area contributed by atoms with Gasteiger partial charge in [0.05, 0.1) is 6.54 Å². The largest absolute Gasteiger partial charge is 0.341 e. The quantitative estimate of drug-likeness (QED) is 0.873. The van der Waals surface area contributed by atoms with Crippen LogP contribution in [0.3, 0.4) is 0 Å². The van der Waals surface area contributed by atoms with Crippen molar-refractivity contribution >= 4 is 11.9 Å². The van der Waals surface area contributed by atoms with Crippen LogP contribution in [-0.4, -0.2) is 36.5 Å². The Kier molecular flexibility index (Phi) is 4.98. The molecule has 3 amide bonds. The van der Waals surface area contributed by atoms with Gasteiger partial charge in [-0.15, -0.1) is 0 Å². The molecular weight excluding hydrogens is 254 g/mol. The summed E-state index contributed by atoms with van der Waals surface area (Å²) in [7, 11) is 0. The first-order valence-corrected chi connectivity index (χ1v) is 7.00. The highest BCUT2D eigenvalue weighted by molar-refractivity contribution is 5.84. The van der Waals surface area contributed by atoms with E-state index >= 15 is 0 Å². The second kappa shape index (κ2) is 6.93. The van der Waals surface area contributed by atoms with E-state index in [-0.39, 0.29) is 18.5 Å². The van der Waals surface area contributed by atoms with Gasteiger partial charge < -0.3 is 15.5 Å². The van der Waals surface area contributed by atoms with E-state index in [1.807, 2.05) is 31.2 Å². The number of urea groups is 1. The van der Waals surface area contributed by atoms with E-state index in [1.165, 1.54) is 5.56 Å². The molecule has 0 spiro atoms. The van der Waals surface area contributed by atoms with Crippen LogP contribution in [0.1, 0.15) is 24.0 Å². The lowest BCUT2D eigenvalue weighted by Crippen LogP contribution is -2.42. The molecule has 20 heavy (non-hydrogen) atoms. The number of nitrogens with zero attached hydrogens (tertiary/aromatic N) is 1. The number of nitrogens with one attached hydrogen (secondary N) is 2. The first kappa shape index (κ1) is 14.4. The van der Waals surface area contributed by atoms with E-state index < -0.39 is 0 Å². The van der Waals surface area contributed by atoms with Crippen molar-refractivity contribution in [1.29, 1.82) is 0 Å². The monoisotopic (exact) mass is 275 g/mol. The Morgan fingerprint density at radius 3 is 2.40 bits per heavy atom. The minimum Gasteiger partial charge on any atom is -0.341 e. The summed E-state index contributed by atoms with van der Waals surface area (Å²) in [6, 6.07) is 7.66. The summed E-state index contributed by atoms with van der Waals surface area (Å²) in [6.07, 6.45) is 2.12. The fourth-order valence-corrected chi connectivity index (χ4v) is 2.18. The first-order chi connectivity index (χ1) is 9.65. The van der Waals surface area contributed by atoms with Gasteiger partial charge in [-0.3, -0.25) is 4.79 Å². The maximum absolute atomic E-state index is 11.7. The molecule has 0 unspecified atom stereocenters. The zero-order valence-corrected chi connectivity index (χ0v) is 11.8. The average Bonchev–Trinajstić information content (AvgIpc) is 2.98. The molecule has 2 N–H and O–H groups in total. The Balaban J connectivity index is 1.67. The number of benzene rings is 1. The molecule has 1 fully saturated rings. The van der Waals surface area contributed by atoms with Crippen molar-refractivity contribution in [2.24, 2.45) is 0 Å². The van der Waals surface area contributed by atoms with Crippen molar-refractivity contribution in [3.63, 3.8) is 0 Å². The second-order valence-corrected chi connectivity index (χ2v) is 5.11. The molecule has 0 atom stereocenters. The maximum Gasteiger partial charge on any atom is 0.315 e. The standard InChI is InChI=1S/C15H21N3O2/c1-12-4-6-13(7-5-12)10-16-15(20)17-11-14(19)18-8-2-3-9-18/h4-7H,2-3,8-11H2,1H3,(H2,16,17,20). The van der Waals surface area contributed by atoms with Gasteiger partial charge >= 0.3 is 6.03 Å². The van der Waals surface area contributed by atoms with Crippen LogP contribution in [0.25, 0.3) is 0 Å². The molecule has 5 nitrogen and oxygen atoms in total. The summed E-state index contributed by atoms with van der Waals surface area (Å²) in [5, 5.41) is 5.34. The van der Waals surface area contributed by atoms with Crippen LogP contribution in [0.4, 0.5) is 4.79 Å². The van der Waals surface area contributed by atoms with Crippen LogP contribution in [0.2, 0.25) is 0 Å². The van der Waals surface area contributed by atoms with Crippen LogP contribution in [0.5, 0.6) is 0 Å². The molecule has 1 aromatic carbocycles. The van der Waals surface area contributed by atoms with Crippen molar-refractivity contribution in [3.05, 3.63) is 35.4 Å². The zero-order valence-electron chi connectivity index (χ0n) is 11.8. The van der Waals surface area contributed by atoms with E-state index in [2.05, 4.69) is 10.6 Å². The van der Waals surface area contributed by atoms with Gasteiger partial charge in [0.2, 0.25) is 5.91 Å². The lowest BCUT2D eigenvalue weighted by molar-refractivity contribution is -0.128. The van der Waals surface area contributed by atoms with Gasteiger partial charge in [0.25, 0.3) is 0 Å². The Morgan fingerprint density at radius 2 is 1.75 bits per heavy atom. The van der Waals surface area contributed by atoms with E-state index in [0.29, 0.717) is 6.54 Å². The van der Waals surface area contributed by atoms with Gasteiger partial charge in [-0.2, -0.15) is 0 Å². The molecule has 0 aromatic heterocycles. The smallest absolute Gasteiger partial charge is 0.315 e. The summed E-state index contributed by atoms with van der Waals surface area (Å²) in [4.78, 5) is 25.1. The lowest BCUT2D eigenvalue weighted by Gasteiger charge is -2.15. The highest BCUT2D eigenvalue weighted by Crippen LogP contribution is 2.06. The minimum atomic E-state index is -0.307. The molecule has 108 valence electrons. The number of rotatable bonds is 4.